The van der Waals surface area contributed by atoms with Crippen molar-refractivity contribution >= 4 is 11.7 Å². The third-order valence-corrected chi connectivity index (χ3v) is 3.02. The minimum atomic E-state index is -1.31. The topological polar surface area (TPSA) is 69.6 Å². The van der Waals surface area contributed by atoms with Crippen LogP contribution in [-0.2, 0) is 0 Å². The van der Waals surface area contributed by atoms with E-state index in [0.717, 1.165) is 6.07 Å². The Balaban J connectivity index is 3.10. The predicted molar refractivity (Wildman–Crippen MR) is 71.9 cm³/mol. The maximum atomic E-state index is 13.6. The lowest BCUT2D eigenvalue weighted by Gasteiger charge is -2.32. The van der Waals surface area contributed by atoms with E-state index >= 15 is 0 Å². The first-order valence-corrected chi connectivity index (χ1v) is 6.16. The molecule has 0 aliphatic heterocycles. The number of halogens is 1. The van der Waals surface area contributed by atoms with Crippen molar-refractivity contribution in [3.63, 3.8) is 0 Å². The Hall–Kier alpha value is -1.62. The molecule has 0 heterocycles. The molecule has 5 heteroatoms. The zero-order valence-corrected chi connectivity index (χ0v) is 11.4. The monoisotopic (exact) mass is 269 g/mol. The number of rotatable bonds is 5. The maximum Gasteiger partial charge on any atom is 0.340 e. The number of nitrogens with one attached hydrogen (secondary N) is 1. The predicted octanol–water partition coefficient (Wildman–Crippen LogP) is 2.73. The van der Waals surface area contributed by atoms with Crippen molar-refractivity contribution in [2.75, 3.05) is 11.9 Å². The number of aliphatic hydroxyl groups excluding tert-OH is 1. The van der Waals surface area contributed by atoms with E-state index in [9.17, 15) is 9.18 Å². The van der Waals surface area contributed by atoms with Crippen molar-refractivity contribution in [2.24, 2.45) is 5.41 Å². The molecule has 1 aromatic rings. The second-order valence-electron chi connectivity index (χ2n) is 5.54. The zero-order valence-electron chi connectivity index (χ0n) is 11.4. The van der Waals surface area contributed by atoms with Crippen LogP contribution >= 0.6 is 0 Å². The number of aromatic carboxylic acids is 1. The Labute approximate surface area is 112 Å². The number of anilines is 1. The van der Waals surface area contributed by atoms with Crippen LogP contribution in [-0.4, -0.2) is 28.8 Å². The number of hydrogen-bond acceptors (Lipinski definition) is 3. The van der Waals surface area contributed by atoms with Crippen molar-refractivity contribution in [3.05, 3.63) is 29.6 Å². The van der Waals surface area contributed by atoms with Crippen molar-refractivity contribution in [1.29, 1.82) is 0 Å². The van der Waals surface area contributed by atoms with Crippen LogP contribution in [0.2, 0.25) is 0 Å². The number of carboxylic acids is 1. The van der Waals surface area contributed by atoms with Gasteiger partial charge in [-0.25, -0.2) is 9.18 Å². The van der Waals surface area contributed by atoms with Gasteiger partial charge in [-0.05, 0) is 24.0 Å². The van der Waals surface area contributed by atoms with E-state index in [4.69, 9.17) is 10.2 Å². The van der Waals surface area contributed by atoms with Gasteiger partial charge in [0, 0.05) is 12.6 Å². The molecule has 1 unspecified atom stereocenters. The molecule has 0 aromatic heterocycles. The van der Waals surface area contributed by atoms with E-state index in [-0.39, 0.29) is 29.3 Å². The Morgan fingerprint density at radius 3 is 2.53 bits per heavy atom. The first kappa shape index (κ1) is 15.4. The SMILES string of the molecule is CC(C)(C)C(CCO)Nc1cccc(F)c1C(=O)O. The Morgan fingerprint density at radius 2 is 2.05 bits per heavy atom. The Kier molecular flexibility index (Phi) is 4.89. The van der Waals surface area contributed by atoms with Gasteiger partial charge in [0.25, 0.3) is 0 Å². The summed E-state index contributed by atoms with van der Waals surface area (Å²) in [6.07, 6.45) is 0.457. The van der Waals surface area contributed by atoms with Gasteiger partial charge in [0.1, 0.15) is 11.4 Å². The molecular weight excluding hydrogens is 249 g/mol. The summed E-state index contributed by atoms with van der Waals surface area (Å²) >= 11 is 0. The van der Waals surface area contributed by atoms with Crippen LogP contribution in [0.1, 0.15) is 37.6 Å². The third-order valence-electron chi connectivity index (χ3n) is 3.02. The molecule has 0 spiro atoms. The normalized spacial score (nSPS) is 13.1. The number of hydrogen-bond donors (Lipinski definition) is 3. The largest absolute Gasteiger partial charge is 0.478 e. The van der Waals surface area contributed by atoms with Crippen LogP contribution in [0.5, 0.6) is 0 Å². The number of benzene rings is 1. The van der Waals surface area contributed by atoms with Gasteiger partial charge in [-0.15, -0.1) is 0 Å². The van der Waals surface area contributed by atoms with Gasteiger partial charge >= 0.3 is 5.97 Å². The van der Waals surface area contributed by atoms with E-state index in [1.54, 1.807) is 0 Å². The lowest BCUT2D eigenvalue weighted by atomic mass is 9.84. The van der Waals surface area contributed by atoms with Crippen LogP contribution in [0.15, 0.2) is 18.2 Å². The molecule has 0 fully saturated rings. The highest BCUT2D eigenvalue weighted by Gasteiger charge is 2.26. The average molecular weight is 269 g/mol. The second-order valence-corrected chi connectivity index (χ2v) is 5.54. The van der Waals surface area contributed by atoms with Crippen LogP contribution in [0.25, 0.3) is 0 Å². The van der Waals surface area contributed by atoms with E-state index < -0.39 is 11.8 Å². The summed E-state index contributed by atoms with van der Waals surface area (Å²) in [5.74, 6) is -2.08. The molecule has 3 N–H and O–H groups in total. The van der Waals surface area contributed by atoms with Gasteiger partial charge in [0.05, 0.1) is 5.69 Å². The summed E-state index contributed by atoms with van der Waals surface area (Å²) in [6.45, 7) is 5.90. The summed E-state index contributed by atoms with van der Waals surface area (Å²) in [5, 5.41) is 21.2. The first-order chi connectivity index (χ1) is 8.77. The lowest BCUT2D eigenvalue weighted by Crippen LogP contribution is -2.35. The minimum Gasteiger partial charge on any atom is -0.478 e. The molecule has 19 heavy (non-hydrogen) atoms. The minimum absolute atomic E-state index is 0.0212. The van der Waals surface area contributed by atoms with Gasteiger partial charge in [0.2, 0.25) is 0 Å². The summed E-state index contributed by atoms with van der Waals surface area (Å²) in [4.78, 5) is 11.1. The molecule has 1 rings (SSSR count). The highest BCUT2D eigenvalue weighted by molar-refractivity contribution is 5.94. The average Bonchev–Trinajstić information content (AvgIpc) is 2.26. The number of aliphatic hydroxyl groups is 1. The molecule has 0 radical (unpaired) electrons. The molecule has 0 saturated heterocycles. The van der Waals surface area contributed by atoms with Crippen molar-refractivity contribution < 1.29 is 19.4 Å². The number of carbonyl (C=O) groups is 1. The van der Waals surface area contributed by atoms with Crippen LogP contribution in [0.4, 0.5) is 10.1 Å². The summed E-state index contributed by atoms with van der Waals surface area (Å²) < 4.78 is 13.6. The molecule has 106 valence electrons. The van der Waals surface area contributed by atoms with Crippen LogP contribution < -0.4 is 5.32 Å². The molecule has 0 aliphatic carbocycles. The molecule has 0 aliphatic rings. The fourth-order valence-electron chi connectivity index (χ4n) is 1.90. The zero-order chi connectivity index (χ0) is 14.6. The highest BCUT2D eigenvalue weighted by Crippen LogP contribution is 2.28. The molecular formula is C14H20FNO3. The first-order valence-electron chi connectivity index (χ1n) is 6.16. The number of carboxylic acid groups (broad SMARTS) is 1. The molecule has 0 bridgehead atoms. The van der Waals surface area contributed by atoms with Crippen molar-refractivity contribution in [2.45, 2.75) is 33.2 Å². The summed E-state index contributed by atoms with van der Waals surface area (Å²) in [6, 6.07) is 3.95. The Morgan fingerprint density at radius 1 is 1.42 bits per heavy atom. The summed E-state index contributed by atoms with van der Waals surface area (Å²) in [5.41, 5.74) is -0.319. The molecule has 0 amide bonds. The van der Waals surface area contributed by atoms with Crippen molar-refractivity contribution in [1.82, 2.24) is 0 Å². The van der Waals surface area contributed by atoms with Gasteiger partial charge in [-0.3, -0.25) is 0 Å². The smallest absolute Gasteiger partial charge is 0.340 e. The Bertz CT molecular complexity index is 454. The fourth-order valence-corrected chi connectivity index (χ4v) is 1.90. The lowest BCUT2D eigenvalue weighted by molar-refractivity contribution is 0.0693. The van der Waals surface area contributed by atoms with Gasteiger partial charge < -0.3 is 15.5 Å². The van der Waals surface area contributed by atoms with Gasteiger partial charge in [0.15, 0.2) is 0 Å². The van der Waals surface area contributed by atoms with Crippen LogP contribution in [0, 0.1) is 11.2 Å². The van der Waals surface area contributed by atoms with Crippen molar-refractivity contribution in [3.8, 4) is 0 Å². The molecule has 0 saturated carbocycles. The van der Waals surface area contributed by atoms with Gasteiger partial charge in [-0.1, -0.05) is 26.8 Å². The maximum absolute atomic E-state index is 13.6. The fraction of sp³-hybridized carbons (Fsp3) is 0.500. The molecule has 1 aromatic carbocycles. The molecule has 4 nitrogen and oxygen atoms in total. The van der Waals surface area contributed by atoms with E-state index in [0.29, 0.717) is 6.42 Å². The van der Waals surface area contributed by atoms with Crippen LogP contribution in [0.3, 0.4) is 0 Å². The van der Waals surface area contributed by atoms with E-state index in [2.05, 4.69) is 5.32 Å². The summed E-state index contributed by atoms with van der Waals surface area (Å²) in [7, 11) is 0. The van der Waals surface area contributed by atoms with E-state index in [1.165, 1.54) is 12.1 Å². The van der Waals surface area contributed by atoms with Gasteiger partial charge in [-0.2, -0.15) is 0 Å². The third kappa shape index (κ3) is 3.92. The second kappa shape index (κ2) is 6.02. The van der Waals surface area contributed by atoms with E-state index in [1.807, 2.05) is 20.8 Å². The standard InChI is InChI=1S/C14H20FNO3/c1-14(2,3)11(7-8-17)16-10-6-4-5-9(15)12(10)13(18)19/h4-6,11,16-17H,7-8H2,1-3H3,(H,18,19). The molecule has 1 atom stereocenters. The highest BCUT2D eigenvalue weighted by atomic mass is 19.1. The quantitative estimate of drug-likeness (QED) is 0.768.